The van der Waals surface area contributed by atoms with Crippen LogP contribution in [0.3, 0.4) is 0 Å². The van der Waals surface area contributed by atoms with E-state index in [1.54, 1.807) is 29.2 Å². The molecule has 0 radical (unpaired) electrons. The minimum Gasteiger partial charge on any atom is -0.352 e. The van der Waals surface area contributed by atoms with Crippen LogP contribution in [0.1, 0.15) is 61.7 Å². The molecule has 2 N–H and O–H groups in total. The third kappa shape index (κ3) is 5.85. The summed E-state index contributed by atoms with van der Waals surface area (Å²) < 4.78 is 0. The van der Waals surface area contributed by atoms with Gasteiger partial charge in [-0.2, -0.15) is 0 Å². The van der Waals surface area contributed by atoms with Gasteiger partial charge in [-0.25, -0.2) is 0 Å². The Morgan fingerprint density at radius 1 is 0.935 bits per heavy atom. The topological polar surface area (TPSA) is 81.8 Å². The third-order valence-electron chi connectivity index (χ3n) is 6.87. The summed E-state index contributed by atoms with van der Waals surface area (Å²) in [5.41, 5.74) is 1.31. The van der Waals surface area contributed by atoms with E-state index in [0.717, 1.165) is 50.5 Å². The highest BCUT2D eigenvalue weighted by molar-refractivity contribution is 5.98. The van der Waals surface area contributed by atoms with Crippen molar-refractivity contribution in [1.82, 2.24) is 15.5 Å². The van der Waals surface area contributed by atoms with Crippen molar-refractivity contribution in [3.8, 4) is 0 Å². The Hall–Kier alpha value is -2.41. The Labute approximate surface area is 184 Å². The van der Waals surface area contributed by atoms with Gasteiger partial charge in [0.1, 0.15) is 0 Å². The van der Waals surface area contributed by atoms with E-state index < -0.39 is 0 Å². The predicted octanol–water partition coefficient (Wildman–Crippen LogP) is 2.31. The second-order valence-corrected chi connectivity index (χ2v) is 9.17. The molecule has 2 saturated heterocycles. The maximum Gasteiger partial charge on any atom is 0.251 e. The lowest BCUT2D eigenvalue weighted by molar-refractivity contribution is -0.121. The Kier molecular flexibility index (Phi) is 7.22. The normalized spacial score (nSPS) is 20.9. The summed E-state index contributed by atoms with van der Waals surface area (Å²) in [6.45, 7) is 4.00. The van der Waals surface area contributed by atoms with Gasteiger partial charge in [0.05, 0.1) is 6.54 Å². The largest absolute Gasteiger partial charge is 0.352 e. The molecular weight excluding hydrogens is 392 g/mol. The molecule has 3 amide bonds. The highest BCUT2D eigenvalue weighted by atomic mass is 16.2. The number of rotatable bonds is 7. The summed E-state index contributed by atoms with van der Waals surface area (Å²) in [5.74, 6) is 0.576. The molecule has 4 rings (SSSR count). The summed E-state index contributed by atoms with van der Waals surface area (Å²) >= 11 is 0. The highest BCUT2D eigenvalue weighted by Gasteiger charge is 2.25. The summed E-state index contributed by atoms with van der Waals surface area (Å²) in [7, 11) is 0. The van der Waals surface area contributed by atoms with Crippen LogP contribution in [0.5, 0.6) is 0 Å². The smallest absolute Gasteiger partial charge is 0.251 e. The van der Waals surface area contributed by atoms with Crippen molar-refractivity contribution in [3.05, 3.63) is 29.8 Å². The first-order valence-corrected chi connectivity index (χ1v) is 11.8. The zero-order chi connectivity index (χ0) is 21.6. The summed E-state index contributed by atoms with van der Waals surface area (Å²) in [6, 6.07) is 7.18. The number of carbonyl (C=O) groups is 3. The molecule has 1 saturated carbocycles. The van der Waals surface area contributed by atoms with Gasteiger partial charge >= 0.3 is 0 Å². The van der Waals surface area contributed by atoms with Gasteiger partial charge < -0.3 is 20.4 Å². The van der Waals surface area contributed by atoms with Gasteiger partial charge in [0.2, 0.25) is 11.8 Å². The van der Waals surface area contributed by atoms with Crippen LogP contribution in [-0.2, 0) is 9.59 Å². The third-order valence-corrected chi connectivity index (χ3v) is 6.87. The van der Waals surface area contributed by atoms with Crippen molar-refractivity contribution in [2.24, 2.45) is 5.92 Å². The van der Waals surface area contributed by atoms with Crippen LogP contribution in [0.2, 0.25) is 0 Å². The molecule has 0 bridgehead atoms. The quantitative estimate of drug-likeness (QED) is 0.701. The van der Waals surface area contributed by atoms with Gasteiger partial charge in [0.25, 0.3) is 5.91 Å². The number of hydrogen-bond acceptors (Lipinski definition) is 4. The number of carbonyl (C=O) groups excluding carboxylic acids is 3. The SMILES string of the molecule is O=C(CNC(=O)c1ccc(N2CCCC2=O)cc1)NC1CCN(CC2CCCC2)CC1. The molecule has 3 aliphatic rings. The van der Waals surface area contributed by atoms with Gasteiger partial charge in [0, 0.05) is 49.9 Å². The number of hydrogen-bond donors (Lipinski definition) is 2. The van der Waals surface area contributed by atoms with Crippen molar-refractivity contribution in [2.45, 2.75) is 57.4 Å². The number of nitrogens with zero attached hydrogens (tertiary/aromatic N) is 2. The van der Waals surface area contributed by atoms with Crippen LogP contribution >= 0.6 is 0 Å². The fraction of sp³-hybridized carbons (Fsp3) is 0.625. The molecule has 1 aliphatic carbocycles. The minimum absolute atomic E-state index is 0.0204. The van der Waals surface area contributed by atoms with Crippen LogP contribution in [-0.4, -0.2) is 61.4 Å². The van der Waals surface area contributed by atoms with Crippen molar-refractivity contribution >= 4 is 23.4 Å². The fourth-order valence-electron chi connectivity index (χ4n) is 5.07. The fourth-order valence-corrected chi connectivity index (χ4v) is 5.07. The van der Waals surface area contributed by atoms with Gasteiger partial charge in [0.15, 0.2) is 0 Å². The zero-order valence-corrected chi connectivity index (χ0v) is 18.3. The van der Waals surface area contributed by atoms with E-state index in [1.165, 1.54) is 32.2 Å². The molecule has 0 atom stereocenters. The summed E-state index contributed by atoms with van der Waals surface area (Å²) in [6.07, 6.45) is 8.90. The molecule has 1 aromatic carbocycles. The van der Waals surface area contributed by atoms with Crippen LogP contribution in [0, 0.1) is 5.92 Å². The monoisotopic (exact) mass is 426 g/mol. The molecule has 1 aromatic rings. The van der Waals surface area contributed by atoms with Crippen molar-refractivity contribution in [1.29, 1.82) is 0 Å². The molecule has 168 valence electrons. The first-order valence-electron chi connectivity index (χ1n) is 11.8. The van der Waals surface area contributed by atoms with E-state index in [0.29, 0.717) is 12.0 Å². The molecule has 0 unspecified atom stereocenters. The van der Waals surface area contributed by atoms with Crippen molar-refractivity contribution < 1.29 is 14.4 Å². The number of likely N-dealkylation sites (tertiary alicyclic amines) is 1. The van der Waals surface area contributed by atoms with E-state index >= 15 is 0 Å². The number of amides is 3. The maximum atomic E-state index is 12.4. The van der Waals surface area contributed by atoms with E-state index in [2.05, 4.69) is 15.5 Å². The Morgan fingerprint density at radius 2 is 1.65 bits per heavy atom. The first kappa shape index (κ1) is 21.8. The zero-order valence-electron chi connectivity index (χ0n) is 18.3. The van der Waals surface area contributed by atoms with Crippen LogP contribution in [0.4, 0.5) is 5.69 Å². The molecule has 2 heterocycles. The number of anilines is 1. The van der Waals surface area contributed by atoms with Crippen molar-refractivity contribution in [3.63, 3.8) is 0 Å². The number of piperidine rings is 1. The lowest BCUT2D eigenvalue weighted by atomic mass is 10.0. The molecule has 7 heteroatoms. The lowest BCUT2D eigenvalue weighted by Gasteiger charge is -2.33. The summed E-state index contributed by atoms with van der Waals surface area (Å²) in [4.78, 5) is 40.8. The highest BCUT2D eigenvalue weighted by Crippen LogP contribution is 2.26. The molecule has 0 aromatic heterocycles. The second-order valence-electron chi connectivity index (χ2n) is 9.17. The summed E-state index contributed by atoms with van der Waals surface area (Å²) in [5, 5.41) is 5.77. The molecule has 31 heavy (non-hydrogen) atoms. The lowest BCUT2D eigenvalue weighted by Crippen LogP contribution is -2.48. The predicted molar refractivity (Wildman–Crippen MR) is 120 cm³/mol. The Morgan fingerprint density at radius 3 is 2.29 bits per heavy atom. The van der Waals surface area contributed by atoms with Gasteiger partial charge in [-0.05, 0) is 62.3 Å². The van der Waals surface area contributed by atoms with E-state index in [1.807, 2.05) is 0 Å². The average Bonchev–Trinajstić information content (AvgIpc) is 3.45. The van der Waals surface area contributed by atoms with Gasteiger partial charge in [-0.1, -0.05) is 12.8 Å². The molecule has 0 spiro atoms. The van der Waals surface area contributed by atoms with Crippen LogP contribution in [0.25, 0.3) is 0 Å². The minimum atomic E-state index is -0.277. The van der Waals surface area contributed by atoms with Crippen LogP contribution < -0.4 is 15.5 Å². The molecule has 2 aliphatic heterocycles. The van der Waals surface area contributed by atoms with E-state index in [4.69, 9.17) is 0 Å². The molecule has 3 fully saturated rings. The van der Waals surface area contributed by atoms with Crippen LogP contribution in [0.15, 0.2) is 24.3 Å². The Bertz CT molecular complexity index is 781. The first-order chi connectivity index (χ1) is 15.1. The van der Waals surface area contributed by atoms with E-state index in [9.17, 15) is 14.4 Å². The maximum absolute atomic E-state index is 12.4. The van der Waals surface area contributed by atoms with Gasteiger partial charge in [-0.15, -0.1) is 0 Å². The average molecular weight is 427 g/mol. The van der Waals surface area contributed by atoms with Crippen molar-refractivity contribution in [2.75, 3.05) is 37.6 Å². The number of nitrogens with one attached hydrogen (secondary N) is 2. The van der Waals surface area contributed by atoms with E-state index in [-0.39, 0.29) is 30.3 Å². The molecule has 7 nitrogen and oxygen atoms in total. The standard InChI is InChI=1S/C24H34N4O3/c29-22(26-20-11-14-27(15-12-20)17-18-4-1-2-5-18)16-25-24(31)19-7-9-21(10-8-19)28-13-3-6-23(28)30/h7-10,18,20H,1-6,11-17H2,(H,25,31)(H,26,29). The molecular formula is C24H34N4O3. The van der Waals surface area contributed by atoms with Gasteiger partial charge in [-0.3, -0.25) is 14.4 Å². The Balaban J connectivity index is 1.16. The second kappa shape index (κ2) is 10.3. The number of benzene rings is 1.